The smallest absolute Gasteiger partial charge is 0.219 e. The molecule has 3 aliphatic rings. The van der Waals surface area contributed by atoms with Crippen molar-refractivity contribution in [2.24, 2.45) is 7.05 Å². The van der Waals surface area contributed by atoms with Gasteiger partial charge < -0.3 is 24.6 Å². The van der Waals surface area contributed by atoms with Gasteiger partial charge in [0.1, 0.15) is 11.6 Å². The van der Waals surface area contributed by atoms with Gasteiger partial charge in [0.05, 0.1) is 32.5 Å². The number of aromatic nitrogens is 2. The molecule has 4 heterocycles. The summed E-state index contributed by atoms with van der Waals surface area (Å²) in [7, 11) is 3.59. The van der Waals surface area contributed by atoms with E-state index in [1.54, 1.807) is 18.7 Å². The second-order valence-corrected chi connectivity index (χ2v) is 9.54. The van der Waals surface area contributed by atoms with Gasteiger partial charge in [0.2, 0.25) is 5.91 Å². The Kier molecular flexibility index (Phi) is 6.51. The van der Waals surface area contributed by atoms with Crippen molar-refractivity contribution in [1.82, 2.24) is 20.0 Å². The van der Waals surface area contributed by atoms with Crippen LogP contribution < -0.4 is 15.0 Å². The van der Waals surface area contributed by atoms with Crippen LogP contribution in [0.25, 0.3) is 11.1 Å². The highest BCUT2D eigenvalue weighted by Crippen LogP contribution is 2.39. The molecule has 2 N–H and O–H groups in total. The SMILES string of the molecule is COc1cc2c(cc1-c1cnn(C)c1)CCCN2C(=N)C1=C(N[C@H]2CCOC2)CCN(C(C)=O)C1. The van der Waals surface area contributed by atoms with Gasteiger partial charge in [-0.2, -0.15) is 5.10 Å². The number of hydrogen-bond acceptors (Lipinski definition) is 6. The number of ether oxygens (including phenoxy) is 2. The third-order valence-electron chi connectivity index (χ3n) is 7.19. The molecule has 9 heteroatoms. The zero-order chi connectivity index (χ0) is 24.5. The number of aryl methyl sites for hydroxylation is 2. The van der Waals surface area contributed by atoms with Crippen molar-refractivity contribution in [3.05, 3.63) is 41.4 Å². The molecular formula is C26H34N6O3. The van der Waals surface area contributed by atoms with Crippen molar-refractivity contribution in [2.75, 3.05) is 44.9 Å². The van der Waals surface area contributed by atoms with E-state index < -0.39 is 0 Å². The van der Waals surface area contributed by atoms with Crippen molar-refractivity contribution < 1.29 is 14.3 Å². The highest BCUT2D eigenvalue weighted by molar-refractivity contribution is 6.09. The molecule has 1 atom stereocenters. The molecule has 1 amide bonds. The zero-order valence-electron chi connectivity index (χ0n) is 20.8. The van der Waals surface area contributed by atoms with E-state index in [0.717, 1.165) is 72.7 Å². The topological polar surface area (TPSA) is 95.7 Å². The molecule has 9 nitrogen and oxygen atoms in total. The van der Waals surface area contributed by atoms with Gasteiger partial charge in [-0.15, -0.1) is 0 Å². The predicted octanol–water partition coefficient (Wildman–Crippen LogP) is 2.71. The fourth-order valence-electron chi connectivity index (χ4n) is 5.27. The molecule has 1 fully saturated rings. The van der Waals surface area contributed by atoms with Crippen LogP contribution in [0.3, 0.4) is 0 Å². The normalized spacial score (nSPS) is 20.1. The van der Waals surface area contributed by atoms with Gasteiger partial charge in [-0.25, -0.2) is 0 Å². The molecule has 3 aliphatic heterocycles. The van der Waals surface area contributed by atoms with Crippen LogP contribution in [-0.2, 0) is 23.0 Å². The van der Waals surface area contributed by atoms with E-state index in [9.17, 15) is 10.2 Å². The molecule has 0 unspecified atom stereocenters. The average Bonchev–Trinajstić information content (AvgIpc) is 3.54. The highest BCUT2D eigenvalue weighted by atomic mass is 16.5. The largest absolute Gasteiger partial charge is 0.496 e. The molecule has 1 aromatic carbocycles. The van der Waals surface area contributed by atoms with Gasteiger partial charge in [-0.3, -0.25) is 14.9 Å². The molecule has 2 aromatic rings. The number of amidine groups is 1. The number of nitrogens with one attached hydrogen (secondary N) is 2. The van der Waals surface area contributed by atoms with Crippen molar-refractivity contribution in [3.8, 4) is 16.9 Å². The minimum Gasteiger partial charge on any atom is -0.496 e. The fraction of sp³-hybridized carbons (Fsp3) is 0.500. The van der Waals surface area contributed by atoms with Crippen LogP contribution in [0.1, 0.15) is 31.7 Å². The number of anilines is 1. The van der Waals surface area contributed by atoms with E-state index in [1.807, 2.05) is 24.3 Å². The summed E-state index contributed by atoms with van der Waals surface area (Å²) in [5.41, 5.74) is 6.17. The number of nitrogens with zero attached hydrogens (tertiary/aromatic N) is 4. The number of rotatable bonds is 5. The summed E-state index contributed by atoms with van der Waals surface area (Å²) in [6.45, 7) is 4.91. The summed E-state index contributed by atoms with van der Waals surface area (Å²) in [4.78, 5) is 16.1. The Morgan fingerprint density at radius 3 is 2.83 bits per heavy atom. The molecule has 186 valence electrons. The van der Waals surface area contributed by atoms with Crippen molar-refractivity contribution >= 4 is 17.4 Å². The lowest BCUT2D eigenvalue weighted by molar-refractivity contribution is -0.128. The van der Waals surface area contributed by atoms with Crippen molar-refractivity contribution in [1.29, 1.82) is 5.41 Å². The summed E-state index contributed by atoms with van der Waals surface area (Å²) in [6.07, 6.45) is 7.41. The van der Waals surface area contributed by atoms with Crippen LogP contribution in [-0.4, -0.2) is 72.4 Å². The Labute approximate surface area is 206 Å². The number of benzene rings is 1. The molecule has 0 saturated carbocycles. The first-order chi connectivity index (χ1) is 16.9. The quantitative estimate of drug-likeness (QED) is 0.507. The van der Waals surface area contributed by atoms with E-state index in [1.165, 1.54) is 5.56 Å². The van der Waals surface area contributed by atoms with Crippen LogP contribution >= 0.6 is 0 Å². The monoisotopic (exact) mass is 478 g/mol. The Balaban J connectivity index is 1.51. The second kappa shape index (κ2) is 9.73. The van der Waals surface area contributed by atoms with Crippen LogP contribution in [0.15, 0.2) is 35.8 Å². The van der Waals surface area contributed by atoms with Crippen LogP contribution in [0.5, 0.6) is 5.75 Å². The minimum atomic E-state index is 0.0420. The van der Waals surface area contributed by atoms with Crippen molar-refractivity contribution in [2.45, 2.75) is 38.6 Å². The Morgan fingerprint density at radius 2 is 2.14 bits per heavy atom. The first kappa shape index (κ1) is 23.4. The molecule has 35 heavy (non-hydrogen) atoms. The van der Waals surface area contributed by atoms with Gasteiger partial charge in [0.15, 0.2) is 0 Å². The summed E-state index contributed by atoms with van der Waals surface area (Å²) in [5.74, 6) is 1.26. The van der Waals surface area contributed by atoms with E-state index in [0.29, 0.717) is 25.5 Å². The number of amides is 1. The molecular weight excluding hydrogens is 444 g/mol. The van der Waals surface area contributed by atoms with Gasteiger partial charge in [0.25, 0.3) is 0 Å². The molecule has 0 spiro atoms. The second-order valence-electron chi connectivity index (χ2n) is 9.54. The lowest BCUT2D eigenvalue weighted by Crippen LogP contribution is -2.46. The van der Waals surface area contributed by atoms with E-state index >= 15 is 0 Å². The lowest BCUT2D eigenvalue weighted by Gasteiger charge is -2.37. The molecule has 1 aromatic heterocycles. The average molecular weight is 479 g/mol. The molecule has 0 aliphatic carbocycles. The van der Waals surface area contributed by atoms with Crippen LogP contribution in [0, 0.1) is 5.41 Å². The number of hydrogen-bond donors (Lipinski definition) is 2. The third-order valence-corrected chi connectivity index (χ3v) is 7.19. The lowest BCUT2D eigenvalue weighted by atomic mass is 9.94. The minimum absolute atomic E-state index is 0.0420. The number of carbonyl (C=O) groups excluding carboxylic acids is 1. The molecule has 0 bridgehead atoms. The van der Waals surface area contributed by atoms with E-state index in [4.69, 9.17) is 9.47 Å². The number of methoxy groups -OCH3 is 1. The number of fused-ring (bicyclic) bond motifs is 1. The van der Waals surface area contributed by atoms with Gasteiger partial charge in [0, 0.05) is 80.4 Å². The first-order valence-electron chi connectivity index (χ1n) is 12.3. The van der Waals surface area contributed by atoms with Gasteiger partial charge >= 0.3 is 0 Å². The third kappa shape index (κ3) is 4.65. The maximum absolute atomic E-state index is 12.2. The number of carbonyl (C=O) groups is 1. The Hall–Kier alpha value is -3.33. The highest BCUT2D eigenvalue weighted by Gasteiger charge is 2.31. The van der Waals surface area contributed by atoms with Gasteiger partial charge in [-0.1, -0.05) is 0 Å². The summed E-state index contributed by atoms with van der Waals surface area (Å²) >= 11 is 0. The Bertz CT molecular complexity index is 1160. The first-order valence-corrected chi connectivity index (χ1v) is 12.3. The van der Waals surface area contributed by atoms with Crippen LogP contribution in [0.2, 0.25) is 0 Å². The standard InChI is InChI=1S/C26H34N6O3/c1-17(33)31-9-6-23(29-20-7-10-35-16-20)22(15-31)26(27)32-8-4-5-18-11-21(19-13-28-30(2)14-19)25(34-3)12-24(18)32/h11-14,20,27,29H,4-10,15-16H2,1-3H3/t20-/m0/s1. The Morgan fingerprint density at radius 1 is 1.29 bits per heavy atom. The van der Waals surface area contributed by atoms with Crippen LogP contribution in [0.4, 0.5) is 5.69 Å². The van der Waals surface area contributed by atoms with E-state index in [-0.39, 0.29) is 11.9 Å². The van der Waals surface area contributed by atoms with E-state index in [2.05, 4.69) is 27.4 Å². The zero-order valence-corrected chi connectivity index (χ0v) is 20.8. The molecule has 0 radical (unpaired) electrons. The van der Waals surface area contributed by atoms with Crippen molar-refractivity contribution in [3.63, 3.8) is 0 Å². The van der Waals surface area contributed by atoms with Gasteiger partial charge in [-0.05, 0) is 30.9 Å². The summed E-state index contributed by atoms with van der Waals surface area (Å²) in [6, 6.07) is 4.49. The summed E-state index contributed by atoms with van der Waals surface area (Å²) in [5, 5.41) is 17.3. The predicted molar refractivity (Wildman–Crippen MR) is 135 cm³/mol. The molecule has 5 rings (SSSR count). The fourth-order valence-corrected chi connectivity index (χ4v) is 5.27. The molecule has 1 saturated heterocycles. The summed E-state index contributed by atoms with van der Waals surface area (Å²) < 4.78 is 13.1. The maximum Gasteiger partial charge on any atom is 0.219 e. The maximum atomic E-state index is 12.2.